The highest BCUT2D eigenvalue weighted by Gasteiger charge is 2.16. The number of fused-ring (bicyclic) bond motifs is 1. The van der Waals surface area contributed by atoms with Crippen molar-refractivity contribution >= 4 is 32.6 Å². The number of sulfonamides is 1. The first-order valence-electron chi connectivity index (χ1n) is 9.64. The first kappa shape index (κ1) is 22.2. The summed E-state index contributed by atoms with van der Waals surface area (Å²) in [5.41, 5.74) is 0.800. The molecule has 0 aliphatic carbocycles. The van der Waals surface area contributed by atoms with E-state index in [0.717, 1.165) is 17.7 Å². The van der Waals surface area contributed by atoms with Crippen LogP contribution in [0.5, 0.6) is 0 Å². The maximum absolute atomic E-state index is 13.5. The standard InChI is InChI=1S/C23H17F2N3O4S/c1-14-6-9-17(10-7-14)33(30,31)28-27-23-18(12-15-4-2-3-5-21(15)32-23)22(29)26-16-8-11-19(24)20(25)13-16/h2-13,28H,1H3,(H,26,29). The summed E-state index contributed by atoms with van der Waals surface area (Å²) < 4.78 is 57.6. The predicted octanol–water partition coefficient (Wildman–Crippen LogP) is 4.07. The van der Waals surface area contributed by atoms with Crippen molar-refractivity contribution < 1.29 is 26.4 Å². The molecule has 0 atom stereocenters. The van der Waals surface area contributed by atoms with Gasteiger partial charge in [0.25, 0.3) is 15.9 Å². The van der Waals surface area contributed by atoms with Gasteiger partial charge in [-0.05, 0) is 43.3 Å². The zero-order valence-electron chi connectivity index (χ0n) is 17.2. The zero-order valence-corrected chi connectivity index (χ0v) is 18.0. The van der Waals surface area contributed by atoms with Crippen molar-refractivity contribution in [3.05, 3.63) is 101 Å². The molecule has 33 heavy (non-hydrogen) atoms. The maximum Gasteiger partial charge on any atom is 0.276 e. The Hall–Kier alpha value is -4.05. The lowest BCUT2D eigenvalue weighted by molar-refractivity contribution is 0.102. The molecule has 1 amide bonds. The molecule has 0 unspecified atom stereocenters. The number of para-hydroxylation sites is 1. The lowest BCUT2D eigenvalue weighted by Gasteiger charge is -2.08. The first-order valence-corrected chi connectivity index (χ1v) is 11.1. The molecule has 168 valence electrons. The van der Waals surface area contributed by atoms with Crippen LogP contribution in [0.2, 0.25) is 0 Å². The number of benzene rings is 3. The fourth-order valence-electron chi connectivity index (χ4n) is 2.96. The van der Waals surface area contributed by atoms with Gasteiger partial charge in [0.15, 0.2) is 11.6 Å². The average molecular weight is 469 g/mol. The summed E-state index contributed by atoms with van der Waals surface area (Å²) in [7, 11) is -4.04. The molecule has 4 aromatic rings. The summed E-state index contributed by atoms with van der Waals surface area (Å²) in [5, 5.41) is 6.79. The summed E-state index contributed by atoms with van der Waals surface area (Å²) in [6.07, 6.45) is 0. The molecule has 1 aromatic heterocycles. The average Bonchev–Trinajstić information content (AvgIpc) is 2.80. The van der Waals surface area contributed by atoms with Crippen LogP contribution < -0.4 is 15.7 Å². The van der Waals surface area contributed by atoms with Crippen molar-refractivity contribution in [3.63, 3.8) is 0 Å². The summed E-state index contributed by atoms with van der Waals surface area (Å²) in [5.74, 6) is -2.95. The van der Waals surface area contributed by atoms with Gasteiger partial charge in [-0.1, -0.05) is 35.9 Å². The Morgan fingerprint density at radius 2 is 1.67 bits per heavy atom. The van der Waals surface area contributed by atoms with Crippen LogP contribution in [-0.4, -0.2) is 14.3 Å². The van der Waals surface area contributed by atoms with Gasteiger partial charge in [-0.3, -0.25) is 4.79 Å². The van der Waals surface area contributed by atoms with Crippen LogP contribution in [0.1, 0.15) is 15.9 Å². The number of anilines is 1. The molecule has 4 rings (SSSR count). The van der Waals surface area contributed by atoms with Gasteiger partial charge in [0.1, 0.15) is 11.1 Å². The Bertz CT molecular complexity index is 1530. The van der Waals surface area contributed by atoms with Crippen LogP contribution >= 0.6 is 0 Å². The Balaban J connectivity index is 1.74. The van der Waals surface area contributed by atoms with E-state index in [-0.39, 0.29) is 21.7 Å². The lowest BCUT2D eigenvalue weighted by Crippen LogP contribution is -2.27. The van der Waals surface area contributed by atoms with E-state index in [1.54, 1.807) is 36.4 Å². The highest BCUT2D eigenvalue weighted by molar-refractivity contribution is 7.89. The number of halogens is 2. The van der Waals surface area contributed by atoms with Crippen LogP contribution in [0.15, 0.2) is 87.2 Å². The number of carbonyl (C=O) groups excluding carboxylic acids is 1. The quantitative estimate of drug-likeness (QED) is 0.431. The highest BCUT2D eigenvalue weighted by Crippen LogP contribution is 2.17. The third-order valence-electron chi connectivity index (χ3n) is 4.68. The smallest absolute Gasteiger partial charge is 0.276 e. The number of nitrogens with zero attached hydrogens (tertiary/aromatic N) is 1. The second-order valence-corrected chi connectivity index (χ2v) is 8.77. The molecule has 1 heterocycles. The molecule has 0 spiro atoms. The van der Waals surface area contributed by atoms with E-state index in [9.17, 15) is 22.0 Å². The van der Waals surface area contributed by atoms with Gasteiger partial charge < -0.3 is 9.73 Å². The molecule has 0 radical (unpaired) electrons. The Labute approximate surface area is 187 Å². The van der Waals surface area contributed by atoms with Gasteiger partial charge in [0.2, 0.25) is 5.55 Å². The van der Waals surface area contributed by atoms with Crippen LogP contribution in [0.3, 0.4) is 0 Å². The van der Waals surface area contributed by atoms with Gasteiger partial charge in [0.05, 0.1) is 4.90 Å². The SMILES string of the molecule is Cc1ccc(S(=O)(=O)NN=c2oc3ccccc3cc2C(=O)Nc2ccc(F)c(F)c2)cc1. The number of hydrogen-bond donors (Lipinski definition) is 2. The third kappa shape index (κ3) is 4.90. The topological polar surface area (TPSA) is 101 Å². The Morgan fingerprint density at radius 1 is 0.939 bits per heavy atom. The number of nitrogens with one attached hydrogen (secondary N) is 2. The van der Waals surface area contributed by atoms with Gasteiger partial charge in [-0.2, -0.15) is 13.2 Å². The summed E-state index contributed by atoms with van der Waals surface area (Å²) in [4.78, 5) is 14.9. The zero-order chi connectivity index (χ0) is 23.6. The van der Waals surface area contributed by atoms with Crippen molar-refractivity contribution in [3.8, 4) is 0 Å². The van der Waals surface area contributed by atoms with Crippen LogP contribution in [0.4, 0.5) is 14.5 Å². The van der Waals surface area contributed by atoms with E-state index in [1.165, 1.54) is 24.3 Å². The van der Waals surface area contributed by atoms with E-state index in [4.69, 9.17) is 4.42 Å². The van der Waals surface area contributed by atoms with E-state index in [1.807, 2.05) is 6.92 Å². The molecule has 0 aliphatic heterocycles. The third-order valence-corrected chi connectivity index (χ3v) is 5.90. The second kappa shape index (κ2) is 8.83. The predicted molar refractivity (Wildman–Crippen MR) is 118 cm³/mol. The molecule has 0 saturated heterocycles. The number of rotatable bonds is 5. The molecule has 0 aliphatic rings. The minimum Gasteiger partial charge on any atom is -0.436 e. The molecule has 3 aromatic carbocycles. The monoisotopic (exact) mass is 469 g/mol. The molecule has 2 N–H and O–H groups in total. The largest absolute Gasteiger partial charge is 0.436 e. The van der Waals surface area contributed by atoms with Gasteiger partial charge in [-0.15, -0.1) is 5.10 Å². The van der Waals surface area contributed by atoms with Gasteiger partial charge >= 0.3 is 0 Å². The van der Waals surface area contributed by atoms with Crippen LogP contribution in [-0.2, 0) is 10.0 Å². The van der Waals surface area contributed by atoms with Crippen molar-refractivity contribution in [1.82, 2.24) is 4.83 Å². The summed E-state index contributed by atoms with van der Waals surface area (Å²) in [6, 6.07) is 17.2. The van der Waals surface area contributed by atoms with Crippen LogP contribution in [0.25, 0.3) is 11.0 Å². The lowest BCUT2D eigenvalue weighted by atomic mass is 10.1. The minimum absolute atomic E-state index is 0.00163. The summed E-state index contributed by atoms with van der Waals surface area (Å²) in [6.45, 7) is 1.82. The number of aryl methyl sites for hydroxylation is 1. The Kier molecular flexibility index (Phi) is 5.93. The van der Waals surface area contributed by atoms with Gasteiger partial charge in [-0.25, -0.2) is 8.78 Å². The van der Waals surface area contributed by atoms with Crippen molar-refractivity contribution in [2.24, 2.45) is 5.10 Å². The van der Waals surface area contributed by atoms with E-state index in [0.29, 0.717) is 11.0 Å². The number of hydrogen-bond acceptors (Lipinski definition) is 5. The van der Waals surface area contributed by atoms with Crippen molar-refractivity contribution in [2.75, 3.05) is 5.32 Å². The minimum atomic E-state index is -4.04. The maximum atomic E-state index is 13.5. The van der Waals surface area contributed by atoms with Crippen molar-refractivity contribution in [1.29, 1.82) is 0 Å². The Morgan fingerprint density at radius 3 is 2.39 bits per heavy atom. The second-order valence-electron chi connectivity index (χ2n) is 7.11. The van der Waals surface area contributed by atoms with E-state index in [2.05, 4.69) is 15.2 Å². The molecule has 0 fully saturated rings. The molecular weight excluding hydrogens is 452 g/mol. The molecule has 10 heteroatoms. The molecule has 7 nitrogen and oxygen atoms in total. The number of carbonyl (C=O) groups is 1. The summed E-state index contributed by atoms with van der Waals surface area (Å²) >= 11 is 0. The highest BCUT2D eigenvalue weighted by atomic mass is 32.2. The van der Waals surface area contributed by atoms with E-state index < -0.39 is 27.6 Å². The molecule has 0 saturated carbocycles. The van der Waals surface area contributed by atoms with Crippen molar-refractivity contribution in [2.45, 2.75) is 11.8 Å². The van der Waals surface area contributed by atoms with Crippen LogP contribution in [0, 0.1) is 18.6 Å². The van der Waals surface area contributed by atoms with Gasteiger partial charge in [0, 0.05) is 17.1 Å². The number of amides is 1. The van der Waals surface area contributed by atoms with E-state index >= 15 is 0 Å². The first-order chi connectivity index (χ1) is 15.7. The molecular formula is C23H17F2N3O4S. The molecule has 0 bridgehead atoms. The normalized spacial score (nSPS) is 12.0. The fourth-order valence-corrected chi connectivity index (χ4v) is 3.76. The fraction of sp³-hybridized carbons (Fsp3) is 0.0435.